The van der Waals surface area contributed by atoms with E-state index in [4.69, 9.17) is 11.6 Å². The van der Waals surface area contributed by atoms with E-state index in [9.17, 15) is 5.11 Å². The number of anilines is 1. The second kappa shape index (κ2) is 6.27. The van der Waals surface area contributed by atoms with E-state index in [2.05, 4.69) is 28.7 Å². The van der Waals surface area contributed by atoms with Gasteiger partial charge in [0.25, 0.3) is 0 Å². The summed E-state index contributed by atoms with van der Waals surface area (Å²) in [6.07, 6.45) is 3.83. The Morgan fingerprint density at radius 2 is 1.90 bits per heavy atom. The predicted octanol–water partition coefficient (Wildman–Crippen LogP) is 3.30. The molecule has 112 valence electrons. The van der Waals surface area contributed by atoms with E-state index >= 15 is 0 Å². The maximum Gasteiger partial charge on any atom is 0.137 e. The maximum atomic E-state index is 10.2. The summed E-state index contributed by atoms with van der Waals surface area (Å²) in [4.78, 5) is 11.1. The first kappa shape index (κ1) is 15.5. The van der Waals surface area contributed by atoms with Crippen LogP contribution in [0.15, 0.2) is 0 Å². The second-order valence-electron chi connectivity index (χ2n) is 6.01. The molecule has 1 N–H and O–H groups in total. The first-order valence-electron chi connectivity index (χ1n) is 7.36. The van der Waals surface area contributed by atoms with Crippen molar-refractivity contribution in [2.24, 2.45) is 0 Å². The third-order valence-corrected chi connectivity index (χ3v) is 4.49. The number of aliphatic hydroxyl groups excluding tert-OH is 1. The molecular weight excluding hydrogens is 274 g/mol. The zero-order chi connectivity index (χ0) is 14.9. The van der Waals surface area contributed by atoms with Gasteiger partial charge in [-0.3, -0.25) is 0 Å². The zero-order valence-corrected chi connectivity index (χ0v) is 13.5. The molecule has 0 amide bonds. The molecule has 1 heterocycles. The van der Waals surface area contributed by atoms with Crippen LogP contribution in [-0.2, 0) is 0 Å². The minimum Gasteiger partial charge on any atom is -0.391 e. The number of hydrogen-bond acceptors (Lipinski definition) is 4. The fraction of sp³-hybridized carbons (Fsp3) is 0.733. The lowest BCUT2D eigenvalue weighted by molar-refractivity contribution is 0.106. The molecule has 1 aliphatic rings. The van der Waals surface area contributed by atoms with Crippen LogP contribution in [-0.4, -0.2) is 34.3 Å². The highest BCUT2D eigenvalue weighted by atomic mass is 35.5. The van der Waals surface area contributed by atoms with Gasteiger partial charge in [-0.25, -0.2) is 9.97 Å². The number of rotatable bonds is 3. The van der Waals surface area contributed by atoms with Crippen LogP contribution >= 0.6 is 11.6 Å². The number of hydrogen-bond donors (Lipinski definition) is 1. The second-order valence-corrected chi connectivity index (χ2v) is 6.36. The van der Waals surface area contributed by atoms with Gasteiger partial charge in [-0.15, -0.1) is 0 Å². The lowest BCUT2D eigenvalue weighted by atomic mass is 9.91. The average Bonchev–Trinajstić information content (AvgIpc) is 2.41. The molecule has 1 saturated carbocycles. The first-order chi connectivity index (χ1) is 9.41. The molecule has 0 aliphatic heterocycles. The van der Waals surface area contributed by atoms with Crippen LogP contribution in [0.3, 0.4) is 0 Å². The monoisotopic (exact) mass is 297 g/mol. The van der Waals surface area contributed by atoms with Crippen molar-refractivity contribution in [1.29, 1.82) is 0 Å². The van der Waals surface area contributed by atoms with Gasteiger partial charge in [0.15, 0.2) is 0 Å². The number of halogens is 1. The maximum absolute atomic E-state index is 10.2. The minimum absolute atomic E-state index is 0.119. The van der Waals surface area contributed by atoms with Crippen LogP contribution in [0.2, 0.25) is 5.15 Å². The fourth-order valence-electron chi connectivity index (χ4n) is 2.80. The molecule has 1 fully saturated rings. The average molecular weight is 298 g/mol. The molecule has 0 spiro atoms. The van der Waals surface area contributed by atoms with E-state index in [1.54, 1.807) is 0 Å². The number of likely N-dealkylation sites (N-methyl/N-ethyl adjacent to an activating group) is 1. The van der Waals surface area contributed by atoms with Gasteiger partial charge in [0.2, 0.25) is 0 Å². The molecule has 0 saturated heterocycles. The molecule has 2 atom stereocenters. The van der Waals surface area contributed by atoms with Crippen LogP contribution in [0.25, 0.3) is 0 Å². The molecule has 0 radical (unpaired) electrons. The molecule has 1 aromatic heterocycles. The normalized spacial score (nSPS) is 23.1. The van der Waals surface area contributed by atoms with Crippen LogP contribution in [0.4, 0.5) is 5.82 Å². The van der Waals surface area contributed by atoms with Gasteiger partial charge in [0.1, 0.15) is 16.8 Å². The Morgan fingerprint density at radius 1 is 1.25 bits per heavy atom. The quantitative estimate of drug-likeness (QED) is 0.870. The van der Waals surface area contributed by atoms with E-state index in [1.807, 2.05) is 14.0 Å². The summed E-state index contributed by atoms with van der Waals surface area (Å²) in [5.74, 6) is 1.84. The summed E-state index contributed by atoms with van der Waals surface area (Å²) in [6, 6.07) is 0.119. The van der Waals surface area contributed by atoms with Crippen molar-refractivity contribution >= 4 is 17.4 Å². The highest BCUT2D eigenvalue weighted by molar-refractivity contribution is 6.30. The van der Waals surface area contributed by atoms with Gasteiger partial charge in [0, 0.05) is 18.5 Å². The number of aromatic nitrogens is 2. The third kappa shape index (κ3) is 3.07. The van der Waals surface area contributed by atoms with Crippen molar-refractivity contribution in [3.63, 3.8) is 0 Å². The van der Waals surface area contributed by atoms with E-state index in [1.165, 1.54) is 0 Å². The van der Waals surface area contributed by atoms with Crippen molar-refractivity contribution in [2.75, 3.05) is 11.9 Å². The molecule has 1 aromatic rings. The minimum atomic E-state index is -0.288. The van der Waals surface area contributed by atoms with Gasteiger partial charge >= 0.3 is 0 Å². The first-order valence-corrected chi connectivity index (χ1v) is 7.74. The fourth-order valence-corrected chi connectivity index (χ4v) is 2.97. The largest absolute Gasteiger partial charge is 0.391 e. The summed E-state index contributed by atoms with van der Waals surface area (Å²) >= 11 is 6.24. The summed E-state index contributed by atoms with van der Waals surface area (Å²) < 4.78 is 0. The standard InChI is InChI=1S/C15H24ClN3O/c1-9(2)14-17-13(16)10(3)15(18-14)19(4)11-7-5-6-8-12(11)20/h9,11-12,20H,5-8H2,1-4H3. The summed E-state index contributed by atoms with van der Waals surface area (Å²) in [7, 11) is 2.00. The van der Waals surface area contributed by atoms with E-state index < -0.39 is 0 Å². The molecule has 20 heavy (non-hydrogen) atoms. The topological polar surface area (TPSA) is 49.2 Å². The number of nitrogens with zero attached hydrogens (tertiary/aromatic N) is 3. The Morgan fingerprint density at radius 3 is 2.50 bits per heavy atom. The zero-order valence-electron chi connectivity index (χ0n) is 12.7. The molecule has 1 aliphatic carbocycles. The highest BCUT2D eigenvalue weighted by Gasteiger charge is 2.29. The summed E-state index contributed by atoms with van der Waals surface area (Å²) in [5.41, 5.74) is 0.886. The van der Waals surface area contributed by atoms with Crippen molar-refractivity contribution in [3.05, 3.63) is 16.5 Å². The summed E-state index contributed by atoms with van der Waals surface area (Å²) in [5, 5.41) is 10.7. The van der Waals surface area contributed by atoms with Gasteiger partial charge < -0.3 is 10.0 Å². The molecule has 2 unspecified atom stereocenters. The van der Waals surface area contributed by atoms with E-state index in [0.717, 1.165) is 42.9 Å². The Labute approximate surface area is 126 Å². The van der Waals surface area contributed by atoms with Gasteiger partial charge in [-0.1, -0.05) is 38.3 Å². The SMILES string of the molecule is Cc1c(Cl)nc(C(C)C)nc1N(C)C1CCCCC1O. The van der Waals surface area contributed by atoms with Gasteiger partial charge in [-0.2, -0.15) is 0 Å². The van der Waals surface area contributed by atoms with Gasteiger partial charge in [-0.05, 0) is 19.8 Å². The van der Waals surface area contributed by atoms with Crippen molar-refractivity contribution in [2.45, 2.75) is 64.5 Å². The van der Waals surface area contributed by atoms with E-state index in [0.29, 0.717) is 5.15 Å². The Balaban J connectivity index is 2.35. The molecule has 4 nitrogen and oxygen atoms in total. The summed E-state index contributed by atoms with van der Waals surface area (Å²) in [6.45, 7) is 6.05. The lowest BCUT2D eigenvalue weighted by Gasteiger charge is -2.36. The van der Waals surface area contributed by atoms with Crippen LogP contribution in [0.5, 0.6) is 0 Å². The van der Waals surface area contributed by atoms with Crippen LogP contribution < -0.4 is 4.90 Å². The molecule has 0 aromatic carbocycles. The Bertz CT molecular complexity index is 478. The van der Waals surface area contributed by atoms with Crippen LogP contribution in [0.1, 0.15) is 56.8 Å². The molecule has 5 heteroatoms. The number of aliphatic hydroxyl groups is 1. The molecular formula is C15H24ClN3O. The van der Waals surface area contributed by atoms with Crippen molar-refractivity contribution in [3.8, 4) is 0 Å². The lowest BCUT2D eigenvalue weighted by Crippen LogP contribution is -2.44. The third-order valence-electron chi connectivity index (χ3n) is 4.12. The Hall–Kier alpha value is -0.870. The van der Waals surface area contributed by atoms with Crippen molar-refractivity contribution < 1.29 is 5.11 Å². The van der Waals surface area contributed by atoms with Gasteiger partial charge in [0.05, 0.1) is 12.1 Å². The highest BCUT2D eigenvalue weighted by Crippen LogP contribution is 2.30. The van der Waals surface area contributed by atoms with Crippen LogP contribution in [0, 0.1) is 6.92 Å². The van der Waals surface area contributed by atoms with E-state index in [-0.39, 0.29) is 18.1 Å². The van der Waals surface area contributed by atoms with Crippen molar-refractivity contribution in [1.82, 2.24) is 9.97 Å². The molecule has 2 rings (SSSR count). The predicted molar refractivity (Wildman–Crippen MR) is 82.5 cm³/mol. The smallest absolute Gasteiger partial charge is 0.137 e. The Kier molecular flexibility index (Phi) is 4.86. The molecule has 0 bridgehead atoms.